The van der Waals surface area contributed by atoms with Gasteiger partial charge in [0.25, 0.3) is 0 Å². The van der Waals surface area contributed by atoms with Gasteiger partial charge in [0.1, 0.15) is 17.7 Å². The highest BCUT2D eigenvalue weighted by Crippen LogP contribution is 2.38. The van der Waals surface area contributed by atoms with Gasteiger partial charge in [-0.3, -0.25) is 4.98 Å². The second-order valence-corrected chi connectivity index (χ2v) is 8.96. The molecule has 2 aromatic heterocycles. The summed E-state index contributed by atoms with van der Waals surface area (Å²) in [7, 11) is 1.89. The number of phenolic OH excluding ortho intramolecular Hbond substituents is 1. The second-order valence-electron chi connectivity index (χ2n) is 8.96. The number of imidazole rings is 1. The van der Waals surface area contributed by atoms with Gasteiger partial charge in [-0.2, -0.15) is 0 Å². The predicted octanol–water partition coefficient (Wildman–Crippen LogP) is 3.48. The van der Waals surface area contributed by atoms with Crippen molar-refractivity contribution >= 4 is 5.82 Å². The van der Waals surface area contributed by atoms with E-state index >= 15 is 4.39 Å². The van der Waals surface area contributed by atoms with Gasteiger partial charge < -0.3 is 19.9 Å². The molecule has 4 atom stereocenters. The Balaban J connectivity index is 1.36. The number of hydrogen-bond donors (Lipinski definition) is 2. The summed E-state index contributed by atoms with van der Waals surface area (Å²) >= 11 is 0. The van der Waals surface area contributed by atoms with E-state index < -0.39 is 6.17 Å². The average molecular weight is 423 g/mol. The summed E-state index contributed by atoms with van der Waals surface area (Å²) in [6.07, 6.45) is 11.3. The molecule has 5 rings (SSSR count). The lowest BCUT2D eigenvalue weighted by Gasteiger charge is -2.51. The number of aromatic nitrogens is 4. The van der Waals surface area contributed by atoms with Crippen molar-refractivity contribution < 1.29 is 9.50 Å². The van der Waals surface area contributed by atoms with E-state index in [1.54, 1.807) is 31.0 Å². The fourth-order valence-corrected chi connectivity index (χ4v) is 5.02. The number of aromatic hydroxyl groups is 1. The van der Waals surface area contributed by atoms with Crippen LogP contribution < -0.4 is 10.2 Å². The summed E-state index contributed by atoms with van der Waals surface area (Å²) in [6.45, 7) is 2.19. The molecule has 0 radical (unpaired) electrons. The number of alkyl halides is 1. The molecule has 0 saturated carbocycles. The van der Waals surface area contributed by atoms with Crippen LogP contribution >= 0.6 is 0 Å². The summed E-state index contributed by atoms with van der Waals surface area (Å²) in [5, 5.41) is 14.0. The molecule has 8 heteroatoms. The minimum atomic E-state index is -0.945. The SMILES string of the molecule is CN(c1cnc(-c2ccc(-n3ccnc3)cc2O)cn1)[C@H]1C[C@]2(C)CCCC(N2)[C@H]1F. The van der Waals surface area contributed by atoms with Crippen LogP contribution in [-0.2, 0) is 0 Å². The highest BCUT2D eigenvalue weighted by molar-refractivity contribution is 5.68. The smallest absolute Gasteiger partial charge is 0.147 e. The van der Waals surface area contributed by atoms with Gasteiger partial charge >= 0.3 is 0 Å². The van der Waals surface area contributed by atoms with E-state index in [-0.39, 0.29) is 23.4 Å². The Kier molecular flexibility index (Phi) is 4.89. The first-order chi connectivity index (χ1) is 14.9. The van der Waals surface area contributed by atoms with Crippen molar-refractivity contribution in [3.8, 4) is 22.7 Å². The zero-order valence-corrected chi connectivity index (χ0v) is 17.7. The zero-order chi connectivity index (χ0) is 21.6. The summed E-state index contributed by atoms with van der Waals surface area (Å²) in [5.74, 6) is 0.749. The Labute approximate surface area is 181 Å². The number of rotatable bonds is 4. The van der Waals surface area contributed by atoms with Crippen molar-refractivity contribution in [3.05, 3.63) is 49.3 Å². The van der Waals surface area contributed by atoms with Gasteiger partial charge in [0.2, 0.25) is 0 Å². The Morgan fingerprint density at radius 1 is 1.29 bits per heavy atom. The largest absolute Gasteiger partial charge is 0.507 e. The molecule has 0 spiro atoms. The molecule has 2 fully saturated rings. The highest BCUT2D eigenvalue weighted by atomic mass is 19.1. The third-order valence-corrected chi connectivity index (χ3v) is 6.75. The van der Waals surface area contributed by atoms with Crippen LogP contribution in [0.4, 0.5) is 10.2 Å². The van der Waals surface area contributed by atoms with Gasteiger partial charge in [-0.1, -0.05) is 0 Å². The lowest BCUT2D eigenvalue weighted by molar-refractivity contribution is 0.0608. The van der Waals surface area contributed by atoms with Crippen LogP contribution in [0.3, 0.4) is 0 Å². The van der Waals surface area contributed by atoms with E-state index in [1.165, 1.54) is 0 Å². The topological polar surface area (TPSA) is 79.1 Å². The van der Waals surface area contributed by atoms with Gasteiger partial charge in [-0.25, -0.2) is 14.4 Å². The fraction of sp³-hybridized carbons (Fsp3) is 0.435. The predicted molar refractivity (Wildman–Crippen MR) is 117 cm³/mol. The summed E-state index contributed by atoms with van der Waals surface area (Å²) in [6, 6.07) is 5.03. The lowest BCUT2D eigenvalue weighted by Crippen LogP contribution is -2.66. The number of benzene rings is 1. The van der Waals surface area contributed by atoms with Gasteiger partial charge in [0.05, 0.1) is 36.1 Å². The van der Waals surface area contributed by atoms with Crippen molar-refractivity contribution in [2.75, 3.05) is 11.9 Å². The molecule has 2 aliphatic heterocycles. The molecular weight excluding hydrogens is 395 g/mol. The molecule has 2 saturated heterocycles. The first kappa shape index (κ1) is 19.9. The van der Waals surface area contributed by atoms with Gasteiger partial charge in [0.15, 0.2) is 0 Å². The maximum absolute atomic E-state index is 15.2. The van der Waals surface area contributed by atoms with Crippen LogP contribution in [0.15, 0.2) is 49.3 Å². The monoisotopic (exact) mass is 422 g/mol. The molecule has 2 bridgehead atoms. The number of phenols is 1. The molecule has 3 aromatic rings. The number of piperidine rings is 2. The average Bonchev–Trinajstić information content (AvgIpc) is 3.31. The van der Waals surface area contributed by atoms with Crippen molar-refractivity contribution in [2.24, 2.45) is 0 Å². The van der Waals surface area contributed by atoms with Crippen LogP contribution in [0.5, 0.6) is 5.75 Å². The Morgan fingerprint density at radius 3 is 2.87 bits per heavy atom. The number of halogens is 1. The maximum atomic E-state index is 15.2. The van der Waals surface area contributed by atoms with Crippen molar-refractivity contribution in [1.82, 2.24) is 24.8 Å². The molecule has 162 valence electrons. The number of hydrogen-bond acceptors (Lipinski definition) is 6. The molecule has 4 heterocycles. The van der Waals surface area contributed by atoms with Gasteiger partial charge in [-0.15, -0.1) is 0 Å². The second kappa shape index (κ2) is 7.60. The quantitative estimate of drug-likeness (QED) is 0.670. The lowest BCUT2D eigenvalue weighted by atomic mass is 9.74. The molecule has 0 amide bonds. The number of nitrogens with one attached hydrogen (secondary N) is 1. The minimum Gasteiger partial charge on any atom is -0.507 e. The minimum absolute atomic E-state index is 0.0272. The molecule has 1 aromatic carbocycles. The normalized spacial score (nSPS) is 27.8. The summed E-state index contributed by atoms with van der Waals surface area (Å²) < 4.78 is 17.0. The standard InChI is InChI=1S/C23H27FN6O/c1-23-7-3-4-17(28-23)22(24)19(11-23)29(2)21-13-26-18(12-27-21)16-6-5-15(10-20(16)31)30-9-8-25-14-30/h5-6,8-10,12-14,17,19,22,28,31H,3-4,7,11H2,1-2H3/t17?,19-,22+,23-/m0/s1. The van der Waals surface area contributed by atoms with Crippen LogP contribution in [0.1, 0.15) is 32.6 Å². The molecule has 2 aliphatic rings. The molecule has 7 nitrogen and oxygen atoms in total. The Hall–Kier alpha value is -3.00. The van der Waals surface area contributed by atoms with Crippen molar-refractivity contribution in [2.45, 2.75) is 56.4 Å². The molecular formula is C23H27FN6O. The first-order valence-electron chi connectivity index (χ1n) is 10.7. The van der Waals surface area contributed by atoms with E-state index in [0.717, 1.165) is 31.4 Å². The molecule has 31 heavy (non-hydrogen) atoms. The Morgan fingerprint density at radius 2 is 2.16 bits per heavy atom. The van der Waals surface area contributed by atoms with E-state index in [0.29, 0.717) is 17.1 Å². The van der Waals surface area contributed by atoms with Gasteiger partial charge in [0, 0.05) is 42.7 Å². The zero-order valence-electron chi connectivity index (χ0n) is 17.7. The first-order valence-corrected chi connectivity index (χ1v) is 10.7. The third kappa shape index (κ3) is 3.65. The number of anilines is 1. The number of fused-ring (bicyclic) bond motifs is 2. The fourth-order valence-electron chi connectivity index (χ4n) is 5.02. The van der Waals surface area contributed by atoms with E-state index in [4.69, 9.17) is 0 Å². The van der Waals surface area contributed by atoms with Crippen LogP contribution in [0.25, 0.3) is 16.9 Å². The molecule has 2 N–H and O–H groups in total. The Bertz CT molecular complexity index is 1060. The van der Waals surface area contributed by atoms with Crippen LogP contribution in [-0.4, -0.2) is 55.5 Å². The third-order valence-electron chi connectivity index (χ3n) is 6.75. The van der Waals surface area contributed by atoms with Crippen molar-refractivity contribution in [1.29, 1.82) is 0 Å². The van der Waals surface area contributed by atoms with E-state index in [1.807, 2.05) is 34.8 Å². The van der Waals surface area contributed by atoms with E-state index in [9.17, 15) is 5.11 Å². The maximum Gasteiger partial charge on any atom is 0.147 e. The van der Waals surface area contributed by atoms with E-state index in [2.05, 4.69) is 27.2 Å². The molecule has 0 aliphatic carbocycles. The van der Waals surface area contributed by atoms with Crippen LogP contribution in [0, 0.1) is 0 Å². The summed E-state index contributed by atoms with van der Waals surface area (Å²) in [5.41, 5.74) is 1.94. The molecule has 1 unspecified atom stereocenters. The van der Waals surface area contributed by atoms with Crippen molar-refractivity contribution in [3.63, 3.8) is 0 Å². The van der Waals surface area contributed by atoms with Gasteiger partial charge in [-0.05, 0) is 44.7 Å². The highest BCUT2D eigenvalue weighted by Gasteiger charge is 2.47. The summed E-state index contributed by atoms with van der Waals surface area (Å²) in [4.78, 5) is 15.0. The van der Waals surface area contributed by atoms with Crippen LogP contribution in [0.2, 0.25) is 0 Å². The number of nitrogens with zero attached hydrogens (tertiary/aromatic N) is 5.